The molecule has 112 valence electrons. The zero-order valence-electron chi connectivity index (χ0n) is 12.1. The van der Waals surface area contributed by atoms with E-state index in [0.29, 0.717) is 28.2 Å². The van der Waals surface area contributed by atoms with Gasteiger partial charge in [-0.25, -0.2) is 9.37 Å². The van der Waals surface area contributed by atoms with Gasteiger partial charge in [0, 0.05) is 37.1 Å². The maximum Gasteiger partial charge on any atom is 0.167 e. The van der Waals surface area contributed by atoms with E-state index in [2.05, 4.69) is 15.3 Å². The molecule has 0 spiro atoms. The van der Waals surface area contributed by atoms with Crippen LogP contribution < -0.4 is 14.8 Å². The molecule has 0 saturated carbocycles. The number of benzene rings is 1. The molecule has 2 aromatic heterocycles. The molecule has 0 saturated heterocycles. The maximum atomic E-state index is 14.0. The van der Waals surface area contributed by atoms with Gasteiger partial charge in [0.1, 0.15) is 11.3 Å². The smallest absolute Gasteiger partial charge is 0.167 e. The molecule has 0 fully saturated rings. The fourth-order valence-electron chi connectivity index (χ4n) is 2.04. The van der Waals surface area contributed by atoms with E-state index in [0.717, 1.165) is 0 Å². The van der Waals surface area contributed by atoms with E-state index in [1.165, 1.54) is 6.07 Å². The quantitative estimate of drug-likeness (QED) is 0.797. The SMILES string of the molecule is CNc1ccc(Oc2ccnc3cc(OC)cnc23)c(F)c1. The Morgan fingerprint density at radius 1 is 1.09 bits per heavy atom. The summed E-state index contributed by atoms with van der Waals surface area (Å²) in [5.41, 5.74) is 1.83. The molecule has 6 heteroatoms. The maximum absolute atomic E-state index is 14.0. The lowest BCUT2D eigenvalue weighted by molar-refractivity contribution is 0.413. The van der Waals surface area contributed by atoms with Crippen molar-refractivity contribution < 1.29 is 13.9 Å². The molecule has 3 aromatic rings. The van der Waals surface area contributed by atoms with Crippen molar-refractivity contribution in [2.45, 2.75) is 0 Å². The third-order valence-corrected chi connectivity index (χ3v) is 3.19. The predicted molar refractivity (Wildman–Crippen MR) is 82.1 cm³/mol. The Bertz CT molecular complexity index is 824. The molecule has 0 aliphatic heterocycles. The standard InChI is InChI=1S/C16H14FN3O2/c1-18-10-3-4-14(12(17)7-10)22-15-5-6-19-13-8-11(21-2)9-20-16(13)15/h3-9,18H,1-2H3. The molecule has 0 radical (unpaired) electrons. The lowest BCUT2D eigenvalue weighted by Crippen LogP contribution is -1.95. The number of rotatable bonds is 4. The molecule has 3 rings (SSSR count). The second kappa shape index (κ2) is 5.85. The molecule has 0 aliphatic carbocycles. The first-order chi connectivity index (χ1) is 10.7. The number of hydrogen-bond acceptors (Lipinski definition) is 5. The second-order valence-corrected chi connectivity index (χ2v) is 4.55. The number of methoxy groups -OCH3 is 1. The summed E-state index contributed by atoms with van der Waals surface area (Å²) in [6.07, 6.45) is 3.15. The molecule has 22 heavy (non-hydrogen) atoms. The first-order valence-electron chi connectivity index (χ1n) is 6.65. The van der Waals surface area contributed by atoms with Gasteiger partial charge >= 0.3 is 0 Å². The molecule has 0 unspecified atom stereocenters. The van der Waals surface area contributed by atoms with Crippen molar-refractivity contribution in [3.05, 3.63) is 48.5 Å². The number of aromatic nitrogens is 2. The van der Waals surface area contributed by atoms with Gasteiger partial charge in [0.25, 0.3) is 0 Å². The second-order valence-electron chi connectivity index (χ2n) is 4.55. The van der Waals surface area contributed by atoms with Crippen molar-refractivity contribution >= 4 is 16.7 Å². The molecular weight excluding hydrogens is 285 g/mol. The van der Waals surface area contributed by atoms with E-state index >= 15 is 0 Å². The number of nitrogens with zero attached hydrogens (tertiary/aromatic N) is 2. The van der Waals surface area contributed by atoms with E-state index in [1.54, 1.807) is 50.8 Å². The average Bonchev–Trinajstić information content (AvgIpc) is 2.56. The van der Waals surface area contributed by atoms with Gasteiger partial charge in [0.05, 0.1) is 18.8 Å². The molecule has 2 heterocycles. The lowest BCUT2D eigenvalue weighted by atomic mass is 10.2. The predicted octanol–water partition coefficient (Wildman–Crippen LogP) is 3.61. The zero-order chi connectivity index (χ0) is 15.5. The Labute approximate surface area is 126 Å². The van der Waals surface area contributed by atoms with Crippen LogP contribution in [0.25, 0.3) is 11.0 Å². The molecule has 0 atom stereocenters. The van der Waals surface area contributed by atoms with E-state index in [4.69, 9.17) is 9.47 Å². The van der Waals surface area contributed by atoms with Gasteiger partial charge in [0.2, 0.25) is 0 Å². The highest BCUT2D eigenvalue weighted by atomic mass is 19.1. The van der Waals surface area contributed by atoms with Crippen LogP contribution in [0.2, 0.25) is 0 Å². The summed E-state index contributed by atoms with van der Waals surface area (Å²) < 4.78 is 24.8. The van der Waals surface area contributed by atoms with Gasteiger partial charge in [0.15, 0.2) is 17.3 Å². The topological polar surface area (TPSA) is 56.3 Å². The van der Waals surface area contributed by atoms with Gasteiger partial charge in [-0.2, -0.15) is 0 Å². The molecule has 1 aromatic carbocycles. The average molecular weight is 299 g/mol. The minimum Gasteiger partial charge on any atom is -0.495 e. The molecule has 1 N–H and O–H groups in total. The first kappa shape index (κ1) is 14.1. The fraction of sp³-hybridized carbons (Fsp3) is 0.125. The van der Waals surface area contributed by atoms with Crippen molar-refractivity contribution in [3.63, 3.8) is 0 Å². The number of nitrogens with one attached hydrogen (secondary N) is 1. The third kappa shape index (κ3) is 2.63. The van der Waals surface area contributed by atoms with Crippen LogP contribution in [0.1, 0.15) is 0 Å². The number of halogens is 1. The van der Waals surface area contributed by atoms with Crippen LogP contribution in [0.5, 0.6) is 17.2 Å². The van der Waals surface area contributed by atoms with Gasteiger partial charge in [-0.15, -0.1) is 0 Å². The number of pyridine rings is 2. The molecule has 0 bridgehead atoms. The Kier molecular flexibility index (Phi) is 3.74. The Morgan fingerprint density at radius 3 is 2.68 bits per heavy atom. The van der Waals surface area contributed by atoms with E-state index < -0.39 is 5.82 Å². The number of anilines is 1. The van der Waals surface area contributed by atoms with Crippen molar-refractivity contribution in [1.29, 1.82) is 0 Å². The molecule has 0 amide bonds. The largest absolute Gasteiger partial charge is 0.495 e. The first-order valence-corrected chi connectivity index (χ1v) is 6.65. The molecular formula is C16H14FN3O2. The van der Waals surface area contributed by atoms with E-state index in [-0.39, 0.29) is 5.75 Å². The van der Waals surface area contributed by atoms with Gasteiger partial charge < -0.3 is 14.8 Å². The van der Waals surface area contributed by atoms with Gasteiger partial charge in [-0.1, -0.05) is 0 Å². The zero-order valence-corrected chi connectivity index (χ0v) is 12.1. The highest BCUT2D eigenvalue weighted by Crippen LogP contribution is 2.31. The minimum atomic E-state index is -0.453. The van der Waals surface area contributed by atoms with E-state index in [9.17, 15) is 4.39 Å². The van der Waals surface area contributed by atoms with Crippen LogP contribution in [0.4, 0.5) is 10.1 Å². The van der Waals surface area contributed by atoms with Gasteiger partial charge in [-0.05, 0) is 12.1 Å². The van der Waals surface area contributed by atoms with Crippen LogP contribution in [0.3, 0.4) is 0 Å². The number of hydrogen-bond donors (Lipinski definition) is 1. The summed E-state index contributed by atoms with van der Waals surface area (Å²) >= 11 is 0. The van der Waals surface area contributed by atoms with Crippen LogP contribution in [0, 0.1) is 5.82 Å². The highest BCUT2D eigenvalue weighted by Gasteiger charge is 2.10. The summed E-state index contributed by atoms with van der Waals surface area (Å²) in [4.78, 5) is 8.48. The summed E-state index contributed by atoms with van der Waals surface area (Å²) in [5, 5.41) is 2.87. The summed E-state index contributed by atoms with van der Waals surface area (Å²) in [6.45, 7) is 0. The van der Waals surface area contributed by atoms with Crippen molar-refractivity contribution in [3.8, 4) is 17.2 Å². The lowest BCUT2D eigenvalue weighted by Gasteiger charge is -2.10. The Morgan fingerprint density at radius 2 is 1.95 bits per heavy atom. The van der Waals surface area contributed by atoms with Crippen molar-refractivity contribution in [2.75, 3.05) is 19.5 Å². The summed E-state index contributed by atoms with van der Waals surface area (Å²) in [5.74, 6) is 0.708. The molecule has 5 nitrogen and oxygen atoms in total. The Balaban J connectivity index is 2.00. The van der Waals surface area contributed by atoms with Gasteiger partial charge in [-0.3, -0.25) is 4.98 Å². The van der Waals surface area contributed by atoms with Crippen molar-refractivity contribution in [2.24, 2.45) is 0 Å². The monoisotopic (exact) mass is 299 g/mol. The summed E-state index contributed by atoms with van der Waals surface area (Å²) in [6, 6.07) is 8.06. The van der Waals surface area contributed by atoms with E-state index in [1.807, 2.05) is 0 Å². The molecule has 0 aliphatic rings. The van der Waals surface area contributed by atoms with Crippen LogP contribution in [-0.2, 0) is 0 Å². The van der Waals surface area contributed by atoms with Crippen molar-refractivity contribution in [1.82, 2.24) is 9.97 Å². The third-order valence-electron chi connectivity index (χ3n) is 3.19. The number of ether oxygens (including phenoxy) is 2. The highest BCUT2D eigenvalue weighted by molar-refractivity contribution is 5.81. The van der Waals surface area contributed by atoms with Crippen LogP contribution >= 0.6 is 0 Å². The minimum absolute atomic E-state index is 0.129. The van der Waals surface area contributed by atoms with Crippen LogP contribution in [-0.4, -0.2) is 24.1 Å². The normalized spacial score (nSPS) is 10.5. The fourth-order valence-corrected chi connectivity index (χ4v) is 2.04. The van der Waals surface area contributed by atoms with Crippen LogP contribution in [0.15, 0.2) is 42.7 Å². The number of fused-ring (bicyclic) bond motifs is 1. The Hall–Kier alpha value is -2.89. The summed E-state index contributed by atoms with van der Waals surface area (Å²) in [7, 11) is 3.28.